The first-order valence-electron chi connectivity index (χ1n) is 13.7. The fourth-order valence-corrected chi connectivity index (χ4v) is 6.68. The van der Waals surface area contributed by atoms with E-state index < -0.39 is 28.5 Å². The van der Waals surface area contributed by atoms with Gasteiger partial charge in [0, 0.05) is 17.6 Å². The minimum absolute atomic E-state index is 0.0641. The second kappa shape index (κ2) is 13.3. The summed E-state index contributed by atoms with van der Waals surface area (Å²) in [7, 11) is -4.11. The third-order valence-electron chi connectivity index (χ3n) is 7.41. The van der Waals surface area contributed by atoms with Gasteiger partial charge in [-0.15, -0.1) is 0 Å². The Morgan fingerprint density at radius 3 is 2.20 bits per heavy atom. The first-order valence-corrected chi connectivity index (χ1v) is 15.5. The van der Waals surface area contributed by atoms with Crippen LogP contribution in [0, 0.1) is 6.92 Å². The molecule has 1 saturated carbocycles. The number of benzene rings is 3. The van der Waals surface area contributed by atoms with E-state index in [1.54, 1.807) is 42.5 Å². The highest BCUT2D eigenvalue weighted by Gasteiger charge is 2.34. The van der Waals surface area contributed by atoms with Gasteiger partial charge in [-0.25, -0.2) is 8.42 Å². The van der Waals surface area contributed by atoms with Crippen LogP contribution in [-0.4, -0.2) is 43.8 Å². The molecular weight excluding hydrogens is 546 g/mol. The Hall–Kier alpha value is -3.36. The SMILES string of the molecule is CC[C@@H](C(=O)NC1CCCC1)N(Cc1ccccc1C)C(=O)CN(c1ccc(Cl)cc1)S(=O)(=O)c1ccccc1. The molecule has 1 fully saturated rings. The van der Waals surface area contributed by atoms with E-state index in [-0.39, 0.29) is 23.4 Å². The lowest BCUT2D eigenvalue weighted by atomic mass is 10.1. The van der Waals surface area contributed by atoms with Crippen molar-refractivity contribution in [2.75, 3.05) is 10.8 Å². The minimum atomic E-state index is -4.11. The predicted molar refractivity (Wildman–Crippen MR) is 159 cm³/mol. The first-order chi connectivity index (χ1) is 19.2. The summed E-state index contributed by atoms with van der Waals surface area (Å²) in [6, 6.07) is 21.4. The molecular formula is C31H36ClN3O4S. The molecule has 0 saturated heterocycles. The molecule has 0 aliphatic heterocycles. The number of carbonyl (C=O) groups is 2. The van der Waals surface area contributed by atoms with E-state index in [0.717, 1.165) is 41.1 Å². The van der Waals surface area contributed by atoms with E-state index in [4.69, 9.17) is 11.6 Å². The highest BCUT2D eigenvalue weighted by Crippen LogP contribution is 2.26. The average Bonchev–Trinajstić information content (AvgIpc) is 3.46. The fraction of sp³-hybridized carbons (Fsp3) is 0.355. The van der Waals surface area contributed by atoms with Crippen molar-refractivity contribution in [2.24, 2.45) is 0 Å². The molecule has 40 heavy (non-hydrogen) atoms. The summed E-state index contributed by atoms with van der Waals surface area (Å²) in [5.74, 6) is -0.675. The quantitative estimate of drug-likeness (QED) is 0.314. The third kappa shape index (κ3) is 7.04. The maximum atomic E-state index is 14.1. The van der Waals surface area contributed by atoms with Gasteiger partial charge < -0.3 is 10.2 Å². The Balaban J connectivity index is 1.71. The molecule has 4 rings (SSSR count). The minimum Gasteiger partial charge on any atom is -0.352 e. The molecule has 3 aromatic carbocycles. The third-order valence-corrected chi connectivity index (χ3v) is 9.45. The number of amides is 2. The summed E-state index contributed by atoms with van der Waals surface area (Å²) >= 11 is 6.09. The number of rotatable bonds is 11. The van der Waals surface area contributed by atoms with Crippen LogP contribution in [0.4, 0.5) is 5.69 Å². The van der Waals surface area contributed by atoms with E-state index in [0.29, 0.717) is 17.1 Å². The zero-order valence-corrected chi connectivity index (χ0v) is 24.5. The Morgan fingerprint density at radius 2 is 1.57 bits per heavy atom. The molecule has 1 aliphatic rings. The normalized spacial score (nSPS) is 14.5. The van der Waals surface area contributed by atoms with Crippen LogP contribution in [0.2, 0.25) is 5.02 Å². The number of aryl methyl sites for hydroxylation is 1. The lowest BCUT2D eigenvalue weighted by molar-refractivity contribution is -0.140. The van der Waals surface area contributed by atoms with Crippen molar-refractivity contribution in [3.8, 4) is 0 Å². The molecule has 0 bridgehead atoms. The molecule has 0 radical (unpaired) electrons. The first kappa shape index (κ1) is 29.6. The van der Waals surface area contributed by atoms with Crippen molar-refractivity contribution in [1.82, 2.24) is 10.2 Å². The number of nitrogens with one attached hydrogen (secondary N) is 1. The van der Waals surface area contributed by atoms with E-state index in [1.165, 1.54) is 17.0 Å². The molecule has 2 amide bonds. The zero-order valence-electron chi connectivity index (χ0n) is 22.9. The van der Waals surface area contributed by atoms with E-state index >= 15 is 0 Å². The molecule has 212 valence electrons. The number of sulfonamides is 1. The number of halogens is 1. The van der Waals surface area contributed by atoms with Crippen molar-refractivity contribution >= 4 is 39.1 Å². The molecule has 0 spiro atoms. The molecule has 9 heteroatoms. The molecule has 1 atom stereocenters. The van der Waals surface area contributed by atoms with Gasteiger partial charge in [0.2, 0.25) is 11.8 Å². The number of carbonyl (C=O) groups excluding carboxylic acids is 2. The van der Waals surface area contributed by atoms with Crippen LogP contribution in [0.3, 0.4) is 0 Å². The fourth-order valence-electron chi connectivity index (χ4n) is 5.11. The van der Waals surface area contributed by atoms with Gasteiger partial charge in [0.1, 0.15) is 12.6 Å². The topological polar surface area (TPSA) is 86.8 Å². The lowest BCUT2D eigenvalue weighted by Gasteiger charge is -2.34. The van der Waals surface area contributed by atoms with Crippen molar-refractivity contribution < 1.29 is 18.0 Å². The van der Waals surface area contributed by atoms with Gasteiger partial charge in [-0.3, -0.25) is 13.9 Å². The summed E-state index contributed by atoms with van der Waals surface area (Å²) in [5.41, 5.74) is 2.19. The molecule has 0 heterocycles. The number of nitrogens with zero attached hydrogens (tertiary/aromatic N) is 2. The second-order valence-electron chi connectivity index (χ2n) is 10.2. The van der Waals surface area contributed by atoms with Crippen LogP contribution in [0.1, 0.15) is 50.2 Å². The highest BCUT2D eigenvalue weighted by molar-refractivity contribution is 7.92. The van der Waals surface area contributed by atoms with Crippen molar-refractivity contribution in [3.05, 3.63) is 95.0 Å². The number of hydrogen-bond acceptors (Lipinski definition) is 4. The second-order valence-corrected chi connectivity index (χ2v) is 12.5. The smallest absolute Gasteiger partial charge is 0.264 e. The van der Waals surface area contributed by atoms with Gasteiger partial charge in [0.15, 0.2) is 0 Å². The van der Waals surface area contributed by atoms with Crippen molar-refractivity contribution in [3.63, 3.8) is 0 Å². The van der Waals surface area contributed by atoms with Crippen LogP contribution in [-0.2, 0) is 26.2 Å². The molecule has 1 aliphatic carbocycles. The van der Waals surface area contributed by atoms with Crippen LogP contribution in [0.5, 0.6) is 0 Å². The van der Waals surface area contributed by atoms with E-state index in [2.05, 4.69) is 5.32 Å². The van der Waals surface area contributed by atoms with Gasteiger partial charge in [-0.2, -0.15) is 0 Å². The maximum Gasteiger partial charge on any atom is 0.264 e. The van der Waals surface area contributed by atoms with Gasteiger partial charge in [0.05, 0.1) is 10.6 Å². The number of anilines is 1. The summed E-state index contributed by atoms with van der Waals surface area (Å²) in [5, 5.41) is 3.58. The molecule has 7 nitrogen and oxygen atoms in total. The molecule has 3 aromatic rings. The molecule has 0 unspecified atom stereocenters. The average molecular weight is 582 g/mol. The van der Waals surface area contributed by atoms with Crippen LogP contribution >= 0.6 is 11.6 Å². The zero-order chi connectivity index (χ0) is 28.7. The van der Waals surface area contributed by atoms with Crippen LogP contribution < -0.4 is 9.62 Å². The number of hydrogen-bond donors (Lipinski definition) is 1. The van der Waals surface area contributed by atoms with Crippen molar-refractivity contribution in [1.29, 1.82) is 0 Å². The molecule has 1 N–H and O–H groups in total. The maximum absolute atomic E-state index is 14.1. The highest BCUT2D eigenvalue weighted by atomic mass is 35.5. The summed E-state index contributed by atoms with van der Waals surface area (Å²) in [6.07, 6.45) is 4.38. The Morgan fingerprint density at radius 1 is 0.950 bits per heavy atom. The van der Waals surface area contributed by atoms with Gasteiger partial charge >= 0.3 is 0 Å². The monoisotopic (exact) mass is 581 g/mol. The van der Waals surface area contributed by atoms with Gasteiger partial charge in [-0.05, 0) is 73.7 Å². The summed E-state index contributed by atoms with van der Waals surface area (Å²) < 4.78 is 28.8. The van der Waals surface area contributed by atoms with Crippen LogP contribution in [0.25, 0.3) is 0 Å². The Labute approximate surface area is 242 Å². The lowest BCUT2D eigenvalue weighted by Crippen LogP contribution is -2.53. The standard InChI is InChI=1S/C31H36ClN3O4S/c1-3-29(31(37)33-26-13-9-10-14-26)34(21-24-12-8-7-11-23(24)2)30(36)22-35(27-19-17-25(32)18-20-27)40(38,39)28-15-5-4-6-16-28/h4-8,11-12,15-20,26,29H,3,9-10,13-14,21-22H2,1-2H3,(H,33,37)/t29-/m0/s1. The van der Waals surface area contributed by atoms with Gasteiger partial charge in [-0.1, -0.05) is 73.8 Å². The predicted octanol–water partition coefficient (Wildman–Crippen LogP) is 5.71. The molecule has 0 aromatic heterocycles. The summed E-state index contributed by atoms with van der Waals surface area (Å²) in [4.78, 5) is 29.2. The van der Waals surface area contributed by atoms with E-state index in [1.807, 2.05) is 38.1 Å². The van der Waals surface area contributed by atoms with E-state index in [9.17, 15) is 18.0 Å². The largest absolute Gasteiger partial charge is 0.352 e. The Bertz CT molecular complexity index is 1410. The Kier molecular flexibility index (Phi) is 9.87. The van der Waals surface area contributed by atoms with Gasteiger partial charge in [0.25, 0.3) is 10.0 Å². The van der Waals surface area contributed by atoms with Crippen molar-refractivity contribution in [2.45, 2.75) is 69.5 Å². The van der Waals surface area contributed by atoms with Crippen LogP contribution in [0.15, 0.2) is 83.8 Å². The summed E-state index contributed by atoms with van der Waals surface area (Å²) in [6.45, 7) is 3.53.